The van der Waals surface area contributed by atoms with Gasteiger partial charge in [-0.2, -0.15) is 11.8 Å². The number of carbonyl (C=O) groups is 1. The number of anilines is 1. The number of ether oxygens (including phenoxy) is 1. The maximum absolute atomic E-state index is 12.6. The zero-order chi connectivity index (χ0) is 16.7. The Morgan fingerprint density at radius 1 is 1.39 bits per heavy atom. The number of amides is 2. The van der Waals surface area contributed by atoms with Crippen LogP contribution in [-0.4, -0.2) is 41.6 Å². The molecule has 1 aromatic carbocycles. The molecule has 23 heavy (non-hydrogen) atoms. The Balaban J connectivity index is 1.98. The molecule has 1 aromatic rings. The summed E-state index contributed by atoms with van der Waals surface area (Å²) in [5.41, 5.74) is 1.87. The van der Waals surface area contributed by atoms with E-state index in [1.54, 1.807) is 0 Å². The third-order valence-corrected chi connectivity index (χ3v) is 5.23. The van der Waals surface area contributed by atoms with Crippen molar-refractivity contribution in [2.45, 2.75) is 45.3 Å². The molecule has 1 saturated heterocycles. The second-order valence-corrected chi connectivity index (χ2v) is 7.44. The van der Waals surface area contributed by atoms with Crippen LogP contribution in [0.2, 0.25) is 0 Å². The van der Waals surface area contributed by atoms with Gasteiger partial charge in [-0.15, -0.1) is 0 Å². The molecule has 2 amide bonds. The Bertz CT molecular complexity index is 522. The van der Waals surface area contributed by atoms with E-state index in [1.807, 2.05) is 48.7 Å². The highest BCUT2D eigenvalue weighted by Crippen LogP contribution is 2.24. The van der Waals surface area contributed by atoms with Gasteiger partial charge in [0.1, 0.15) is 5.75 Å². The Hall–Kier alpha value is -1.36. The summed E-state index contributed by atoms with van der Waals surface area (Å²) in [7, 11) is 0. The summed E-state index contributed by atoms with van der Waals surface area (Å²) < 4.78 is 5.54. The second kappa shape index (κ2) is 9.06. The fourth-order valence-corrected chi connectivity index (χ4v) is 4.00. The maximum atomic E-state index is 12.6. The molecule has 0 saturated carbocycles. The lowest BCUT2D eigenvalue weighted by atomic mass is 10.2. The van der Waals surface area contributed by atoms with Gasteiger partial charge in [-0.25, -0.2) is 4.79 Å². The molecule has 1 N–H and O–H groups in total. The number of rotatable bonds is 5. The van der Waals surface area contributed by atoms with Crippen molar-refractivity contribution >= 4 is 23.5 Å². The lowest BCUT2D eigenvalue weighted by Gasteiger charge is -2.24. The van der Waals surface area contributed by atoms with Gasteiger partial charge < -0.3 is 15.0 Å². The van der Waals surface area contributed by atoms with Crippen molar-refractivity contribution in [1.29, 1.82) is 0 Å². The summed E-state index contributed by atoms with van der Waals surface area (Å²) in [6.07, 6.45) is 3.52. The van der Waals surface area contributed by atoms with E-state index in [2.05, 4.69) is 12.2 Å². The Morgan fingerprint density at radius 2 is 2.22 bits per heavy atom. The highest BCUT2D eigenvalue weighted by molar-refractivity contribution is 7.99. The van der Waals surface area contributed by atoms with Gasteiger partial charge in [0.25, 0.3) is 0 Å². The van der Waals surface area contributed by atoms with E-state index in [1.165, 1.54) is 12.8 Å². The van der Waals surface area contributed by atoms with Gasteiger partial charge in [-0.1, -0.05) is 13.3 Å². The SMILES string of the molecule is CCOc1ccc(NC(=O)N2CCCCC(SCC)C2)cc1C. The molecule has 1 heterocycles. The number of carbonyl (C=O) groups excluding carboxylic acids is 1. The summed E-state index contributed by atoms with van der Waals surface area (Å²) in [4.78, 5) is 14.5. The van der Waals surface area contributed by atoms with Crippen LogP contribution in [0.1, 0.15) is 38.7 Å². The van der Waals surface area contributed by atoms with Crippen LogP contribution < -0.4 is 10.1 Å². The van der Waals surface area contributed by atoms with Gasteiger partial charge in [0.05, 0.1) is 6.61 Å². The van der Waals surface area contributed by atoms with Crippen LogP contribution in [0.25, 0.3) is 0 Å². The minimum absolute atomic E-state index is 0.0113. The lowest BCUT2D eigenvalue weighted by molar-refractivity contribution is 0.214. The van der Waals surface area contributed by atoms with Crippen molar-refractivity contribution in [3.05, 3.63) is 23.8 Å². The van der Waals surface area contributed by atoms with Gasteiger partial charge in [-0.05, 0) is 56.2 Å². The molecule has 1 aliphatic heterocycles. The van der Waals surface area contributed by atoms with Crippen LogP contribution in [-0.2, 0) is 0 Å². The average molecular weight is 337 g/mol. The van der Waals surface area contributed by atoms with Gasteiger partial charge >= 0.3 is 6.03 Å². The number of hydrogen-bond donors (Lipinski definition) is 1. The van der Waals surface area contributed by atoms with E-state index >= 15 is 0 Å². The second-order valence-electron chi connectivity index (χ2n) is 5.86. The molecule has 128 valence electrons. The van der Waals surface area contributed by atoms with Crippen molar-refractivity contribution in [3.8, 4) is 5.75 Å². The van der Waals surface area contributed by atoms with Crippen LogP contribution in [0, 0.1) is 6.92 Å². The first kappa shape index (κ1) is 18.0. The van der Waals surface area contributed by atoms with E-state index in [9.17, 15) is 4.79 Å². The lowest BCUT2D eigenvalue weighted by Crippen LogP contribution is -2.38. The van der Waals surface area contributed by atoms with Crippen LogP contribution in [0.15, 0.2) is 18.2 Å². The minimum atomic E-state index is 0.0113. The Morgan fingerprint density at radius 3 is 2.91 bits per heavy atom. The number of hydrogen-bond acceptors (Lipinski definition) is 3. The zero-order valence-corrected chi connectivity index (χ0v) is 15.2. The fourth-order valence-electron chi connectivity index (χ4n) is 2.91. The molecular weight excluding hydrogens is 308 g/mol. The summed E-state index contributed by atoms with van der Waals surface area (Å²) in [6, 6.07) is 5.81. The van der Waals surface area contributed by atoms with Gasteiger partial charge in [0.2, 0.25) is 0 Å². The Kier molecular flexibility index (Phi) is 7.09. The largest absolute Gasteiger partial charge is 0.494 e. The quantitative estimate of drug-likeness (QED) is 0.858. The number of nitrogens with one attached hydrogen (secondary N) is 1. The van der Waals surface area contributed by atoms with Gasteiger partial charge in [0, 0.05) is 24.0 Å². The highest BCUT2D eigenvalue weighted by Gasteiger charge is 2.22. The van der Waals surface area contributed by atoms with E-state index in [-0.39, 0.29) is 6.03 Å². The molecule has 1 atom stereocenters. The van der Waals surface area contributed by atoms with E-state index in [0.717, 1.165) is 42.3 Å². The molecule has 0 bridgehead atoms. The topological polar surface area (TPSA) is 41.6 Å². The normalized spacial score (nSPS) is 18.4. The monoisotopic (exact) mass is 336 g/mol. The van der Waals surface area contributed by atoms with Crippen LogP contribution in [0.5, 0.6) is 5.75 Å². The van der Waals surface area contributed by atoms with E-state index in [0.29, 0.717) is 11.9 Å². The van der Waals surface area contributed by atoms with Crippen molar-refractivity contribution in [2.24, 2.45) is 0 Å². The smallest absolute Gasteiger partial charge is 0.321 e. The van der Waals surface area contributed by atoms with Crippen LogP contribution >= 0.6 is 11.8 Å². The molecule has 0 spiro atoms. The van der Waals surface area contributed by atoms with Crippen molar-refractivity contribution in [2.75, 3.05) is 30.8 Å². The number of thioether (sulfide) groups is 1. The first-order chi connectivity index (χ1) is 11.1. The van der Waals surface area contributed by atoms with Crippen molar-refractivity contribution in [3.63, 3.8) is 0 Å². The standard InChI is InChI=1S/C18H28N2O2S/c1-4-22-17-10-9-15(12-14(17)3)19-18(21)20-11-7-6-8-16(13-20)23-5-2/h9-10,12,16H,4-8,11,13H2,1-3H3,(H,19,21). The van der Waals surface area contributed by atoms with Crippen LogP contribution in [0.4, 0.5) is 10.5 Å². The highest BCUT2D eigenvalue weighted by atomic mass is 32.2. The summed E-state index contributed by atoms with van der Waals surface area (Å²) in [6.45, 7) is 8.50. The molecule has 2 rings (SSSR count). The Labute approximate surface area is 144 Å². The fraction of sp³-hybridized carbons (Fsp3) is 0.611. The molecular formula is C18H28N2O2S. The van der Waals surface area contributed by atoms with Crippen LogP contribution in [0.3, 0.4) is 0 Å². The number of aryl methyl sites for hydroxylation is 1. The maximum Gasteiger partial charge on any atom is 0.321 e. The third kappa shape index (κ3) is 5.34. The van der Waals surface area contributed by atoms with E-state index < -0.39 is 0 Å². The first-order valence-corrected chi connectivity index (χ1v) is 9.59. The summed E-state index contributed by atoms with van der Waals surface area (Å²) in [5.74, 6) is 1.98. The number of nitrogens with zero attached hydrogens (tertiary/aromatic N) is 1. The number of benzene rings is 1. The molecule has 1 aliphatic rings. The van der Waals surface area contributed by atoms with Crippen molar-refractivity contribution < 1.29 is 9.53 Å². The minimum Gasteiger partial charge on any atom is -0.494 e. The molecule has 5 heteroatoms. The molecule has 0 aliphatic carbocycles. The molecule has 0 radical (unpaired) electrons. The van der Waals surface area contributed by atoms with E-state index in [4.69, 9.17) is 4.74 Å². The number of urea groups is 1. The van der Waals surface area contributed by atoms with Gasteiger partial charge in [-0.3, -0.25) is 0 Å². The zero-order valence-electron chi connectivity index (χ0n) is 14.4. The molecule has 0 aromatic heterocycles. The summed E-state index contributed by atoms with van der Waals surface area (Å²) in [5, 5.41) is 3.60. The molecule has 4 nitrogen and oxygen atoms in total. The number of likely N-dealkylation sites (tertiary alicyclic amines) is 1. The molecule has 1 fully saturated rings. The molecule has 1 unspecified atom stereocenters. The first-order valence-electron chi connectivity index (χ1n) is 8.55. The van der Waals surface area contributed by atoms with Gasteiger partial charge in [0.15, 0.2) is 0 Å². The van der Waals surface area contributed by atoms with Crippen molar-refractivity contribution in [1.82, 2.24) is 4.90 Å². The third-order valence-electron chi connectivity index (χ3n) is 4.04. The average Bonchev–Trinajstić information content (AvgIpc) is 2.76. The predicted molar refractivity (Wildman–Crippen MR) is 98.7 cm³/mol. The predicted octanol–water partition coefficient (Wildman–Crippen LogP) is 4.53. The summed E-state index contributed by atoms with van der Waals surface area (Å²) >= 11 is 1.96.